The molecule has 5 heteroatoms. The highest BCUT2D eigenvalue weighted by atomic mass is 16.2. The maximum absolute atomic E-state index is 13.6. The molecule has 1 aromatic rings. The van der Waals surface area contributed by atoms with Crippen LogP contribution in [0.2, 0.25) is 0 Å². The van der Waals surface area contributed by atoms with Crippen LogP contribution in [0.4, 0.5) is 4.79 Å². The minimum Gasteiger partial charge on any atom is -0.342 e. The monoisotopic (exact) mass is 373 g/mol. The fourth-order valence-electron chi connectivity index (χ4n) is 4.71. The molecule has 3 amide bonds. The van der Waals surface area contributed by atoms with Crippen LogP contribution in [0, 0.1) is 5.92 Å². The number of rotatable bonds is 5. The molecule has 0 saturated heterocycles. The molecule has 2 fully saturated rings. The lowest BCUT2D eigenvalue weighted by molar-refractivity contribution is -0.135. The van der Waals surface area contributed by atoms with E-state index in [1.807, 2.05) is 29.1 Å². The number of nitrogens with zero attached hydrogens (tertiary/aromatic N) is 2. The quantitative estimate of drug-likeness (QED) is 0.799. The van der Waals surface area contributed by atoms with Gasteiger partial charge >= 0.3 is 6.03 Å². The summed E-state index contributed by atoms with van der Waals surface area (Å²) < 4.78 is 1.96. The second-order valence-corrected chi connectivity index (χ2v) is 8.60. The standard InChI is InChI=1S/C22H35N3O2/c1-17(2)20(24-15-9-10-16-24)21(26)25(19-13-7-4-8-14-19)22(27)23-18-11-5-3-6-12-18/h9-10,15-20H,3-8,11-14H2,1-2H3,(H,23,27)/t20-/m0/s1. The predicted octanol–water partition coefficient (Wildman–Crippen LogP) is 4.89. The van der Waals surface area contributed by atoms with Gasteiger partial charge in [0.1, 0.15) is 6.04 Å². The Balaban J connectivity index is 1.81. The van der Waals surface area contributed by atoms with Gasteiger partial charge in [0, 0.05) is 24.5 Å². The minimum atomic E-state index is -0.334. The number of urea groups is 1. The molecule has 0 unspecified atom stereocenters. The molecular weight excluding hydrogens is 338 g/mol. The molecule has 2 aliphatic carbocycles. The summed E-state index contributed by atoms with van der Waals surface area (Å²) in [5, 5.41) is 3.19. The van der Waals surface area contributed by atoms with E-state index in [0.29, 0.717) is 0 Å². The number of aromatic nitrogens is 1. The summed E-state index contributed by atoms with van der Waals surface area (Å²) in [7, 11) is 0. The van der Waals surface area contributed by atoms with Crippen LogP contribution in [0.1, 0.15) is 84.1 Å². The van der Waals surface area contributed by atoms with Crippen molar-refractivity contribution >= 4 is 11.9 Å². The first-order chi connectivity index (χ1) is 13.1. The van der Waals surface area contributed by atoms with Gasteiger partial charge in [-0.05, 0) is 43.7 Å². The van der Waals surface area contributed by atoms with Crippen LogP contribution < -0.4 is 5.32 Å². The molecule has 2 saturated carbocycles. The zero-order chi connectivity index (χ0) is 19.2. The zero-order valence-corrected chi connectivity index (χ0v) is 16.9. The zero-order valence-electron chi connectivity index (χ0n) is 16.9. The summed E-state index contributed by atoms with van der Waals surface area (Å²) in [6.45, 7) is 4.11. The molecule has 0 radical (unpaired) electrons. The Morgan fingerprint density at radius 2 is 1.48 bits per heavy atom. The summed E-state index contributed by atoms with van der Waals surface area (Å²) in [5.41, 5.74) is 0. The number of carbonyl (C=O) groups is 2. The highest BCUT2D eigenvalue weighted by Crippen LogP contribution is 2.28. The molecule has 1 atom stereocenters. The van der Waals surface area contributed by atoms with E-state index in [4.69, 9.17) is 0 Å². The SMILES string of the molecule is CC(C)[C@@H](C(=O)N(C(=O)NC1CCCCC1)C1CCCCC1)n1cccc1. The molecule has 27 heavy (non-hydrogen) atoms. The average Bonchev–Trinajstić information content (AvgIpc) is 3.17. The Morgan fingerprint density at radius 3 is 2.04 bits per heavy atom. The third kappa shape index (κ3) is 4.94. The number of nitrogens with one attached hydrogen (secondary N) is 1. The third-order valence-corrected chi connectivity index (χ3v) is 6.16. The first-order valence-corrected chi connectivity index (χ1v) is 10.8. The molecule has 0 spiro atoms. The molecule has 2 aliphatic rings. The Labute approximate surface area is 163 Å². The maximum atomic E-state index is 13.6. The summed E-state index contributed by atoms with van der Waals surface area (Å²) in [6.07, 6.45) is 14.8. The van der Waals surface area contributed by atoms with Gasteiger partial charge in [0.05, 0.1) is 0 Å². The molecule has 5 nitrogen and oxygen atoms in total. The number of imide groups is 1. The lowest BCUT2D eigenvalue weighted by atomic mass is 9.92. The van der Waals surface area contributed by atoms with E-state index in [2.05, 4.69) is 19.2 Å². The summed E-state index contributed by atoms with van der Waals surface area (Å²) >= 11 is 0. The van der Waals surface area contributed by atoms with Gasteiger partial charge in [0.15, 0.2) is 0 Å². The van der Waals surface area contributed by atoms with Gasteiger partial charge in [-0.15, -0.1) is 0 Å². The second-order valence-electron chi connectivity index (χ2n) is 8.60. The fourth-order valence-corrected chi connectivity index (χ4v) is 4.71. The third-order valence-electron chi connectivity index (χ3n) is 6.16. The Kier molecular flexibility index (Phi) is 6.97. The van der Waals surface area contributed by atoms with Crippen LogP contribution in [0.3, 0.4) is 0 Å². The Morgan fingerprint density at radius 1 is 0.926 bits per heavy atom. The van der Waals surface area contributed by atoms with Crippen molar-refractivity contribution < 1.29 is 9.59 Å². The molecule has 0 aromatic carbocycles. The lowest BCUT2D eigenvalue weighted by Crippen LogP contribution is -2.55. The molecule has 1 aromatic heterocycles. The molecule has 0 bridgehead atoms. The van der Waals surface area contributed by atoms with E-state index in [1.165, 1.54) is 25.7 Å². The number of amides is 3. The Hall–Kier alpha value is -1.78. The normalized spacial score (nSPS) is 20.4. The van der Waals surface area contributed by atoms with Crippen molar-refractivity contribution in [1.82, 2.24) is 14.8 Å². The van der Waals surface area contributed by atoms with Gasteiger partial charge in [-0.25, -0.2) is 4.79 Å². The first-order valence-electron chi connectivity index (χ1n) is 10.8. The van der Waals surface area contributed by atoms with E-state index in [1.54, 1.807) is 4.90 Å². The smallest absolute Gasteiger partial charge is 0.324 e. The number of hydrogen-bond acceptors (Lipinski definition) is 2. The Bertz CT molecular complexity index is 599. The fraction of sp³-hybridized carbons (Fsp3) is 0.727. The van der Waals surface area contributed by atoms with Crippen molar-refractivity contribution in [3.63, 3.8) is 0 Å². The number of carbonyl (C=O) groups excluding carboxylic acids is 2. The lowest BCUT2D eigenvalue weighted by Gasteiger charge is -2.37. The van der Waals surface area contributed by atoms with Crippen molar-refractivity contribution in [1.29, 1.82) is 0 Å². The first kappa shape index (κ1) is 20.0. The minimum absolute atomic E-state index is 0.0339. The van der Waals surface area contributed by atoms with Crippen LogP contribution in [0.5, 0.6) is 0 Å². The van der Waals surface area contributed by atoms with E-state index < -0.39 is 0 Å². The van der Waals surface area contributed by atoms with E-state index in [-0.39, 0.29) is 36.0 Å². The van der Waals surface area contributed by atoms with Gasteiger partial charge in [0.2, 0.25) is 0 Å². The molecule has 3 rings (SSSR count). The van der Waals surface area contributed by atoms with Crippen molar-refractivity contribution in [3.8, 4) is 0 Å². The van der Waals surface area contributed by atoms with Crippen molar-refractivity contribution in [2.75, 3.05) is 0 Å². The topological polar surface area (TPSA) is 54.3 Å². The largest absolute Gasteiger partial charge is 0.342 e. The van der Waals surface area contributed by atoms with Crippen LogP contribution in [-0.4, -0.2) is 33.5 Å². The predicted molar refractivity (Wildman–Crippen MR) is 107 cm³/mol. The maximum Gasteiger partial charge on any atom is 0.324 e. The van der Waals surface area contributed by atoms with Crippen LogP contribution in [-0.2, 0) is 4.79 Å². The van der Waals surface area contributed by atoms with E-state index >= 15 is 0 Å². The van der Waals surface area contributed by atoms with Crippen LogP contribution in [0.25, 0.3) is 0 Å². The summed E-state index contributed by atoms with van der Waals surface area (Å²) in [5.74, 6) is 0.0693. The van der Waals surface area contributed by atoms with Gasteiger partial charge in [0.25, 0.3) is 5.91 Å². The van der Waals surface area contributed by atoms with Crippen molar-refractivity contribution in [2.45, 2.75) is 96.2 Å². The molecular formula is C22H35N3O2. The van der Waals surface area contributed by atoms with E-state index in [9.17, 15) is 9.59 Å². The van der Waals surface area contributed by atoms with Crippen LogP contribution >= 0.6 is 0 Å². The molecule has 150 valence electrons. The van der Waals surface area contributed by atoms with Gasteiger partial charge < -0.3 is 9.88 Å². The highest BCUT2D eigenvalue weighted by molar-refractivity contribution is 5.97. The number of hydrogen-bond donors (Lipinski definition) is 1. The van der Waals surface area contributed by atoms with Crippen molar-refractivity contribution in [3.05, 3.63) is 24.5 Å². The average molecular weight is 374 g/mol. The molecule has 0 aliphatic heterocycles. The van der Waals surface area contributed by atoms with Gasteiger partial charge in [-0.2, -0.15) is 0 Å². The van der Waals surface area contributed by atoms with Crippen LogP contribution in [0.15, 0.2) is 24.5 Å². The second kappa shape index (κ2) is 9.43. The molecule has 1 N–H and O–H groups in total. The highest BCUT2D eigenvalue weighted by Gasteiger charge is 2.37. The molecule has 1 heterocycles. The summed E-state index contributed by atoms with van der Waals surface area (Å²) in [4.78, 5) is 28.4. The van der Waals surface area contributed by atoms with Gasteiger partial charge in [-0.1, -0.05) is 52.4 Å². The van der Waals surface area contributed by atoms with Gasteiger partial charge in [-0.3, -0.25) is 9.69 Å². The summed E-state index contributed by atoms with van der Waals surface area (Å²) in [6, 6.07) is 3.63. The van der Waals surface area contributed by atoms with Crippen molar-refractivity contribution in [2.24, 2.45) is 5.92 Å². The van der Waals surface area contributed by atoms with E-state index in [0.717, 1.165) is 38.5 Å².